The lowest BCUT2D eigenvalue weighted by Crippen LogP contribution is -2.51. The average Bonchev–Trinajstić information content (AvgIpc) is 3.09. The minimum absolute atomic E-state index is 0. The van der Waals surface area contributed by atoms with Crippen LogP contribution >= 0.6 is 12.4 Å². The first kappa shape index (κ1) is 24.3. The fourth-order valence-corrected chi connectivity index (χ4v) is 8.10. The molecule has 0 spiro atoms. The van der Waals surface area contributed by atoms with Crippen molar-refractivity contribution in [2.24, 2.45) is 17.3 Å². The van der Waals surface area contributed by atoms with Crippen molar-refractivity contribution in [3.05, 3.63) is 46.0 Å². The van der Waals surface area contributed by atoms with Gasteiger partial charge < -0.3 is 10.2 Å². The third kappa shape index (κ3) is 3.68. The molecule has 8 atom stereocenters. The van der Waals surface area contributed by atoms with Gasteiger partial charge in [-0.05, 0) is 104 Å². The molecular formula is C28H42ClNO2. The molecule has 2 fully saturated rings. The van der Waals surface area contributed by atoms with E-state index >= 15 is 0 Å². The Morgan fingerprint density at radius 2 is 1.94 bits per heavy atom. The zero-order valence-electron chi connectivity index (χ0n) is 20.5. The van der Waals surface area contributed by atoms with E-state index in [9.17, 15) is 10.2 Å². The van der Waals surface area contributed by atoms with Crippen LogP contribution in [0.3, 0.4) is 0 Å². The number of allylic oxidation sites excluding steroid dienone is 1. The van der Waals surface area contributed by atoms with E-state index in [1.807, 2.05) is 0 Å². The van der Waals surface area contributed by atoms with Crippen molar-refractivity contribution in [2.75, 3.05) is 13.6 Å². The Morgan fingerprint density at radius 3 is 2.66 bits per heavy atom. The molecular weight excluding hydrogens is 418 g/mol. The largest absolute Gasteiger partial charge is 0.393 e. The second-order valence-electron chi connectivity index (χ2n) is 11.7. The number of hydrogen-bond acceptors (Lipinski definition) is 3. The summed E-state index contributed by atoms with van der Waals surface area (Å²) in [5, 5.41) is 21.1. The number of benzene rings is 1. The van der Waals surface area contributed by atoms with E-state index < -0.39 is 0 Å². The zero-order chi connectivity index (χ0) is 22.1. The lowest BCUT2D eigenvalue weighted by atomic mass is 9.57. The molecule has 1 saturated heterocycles. The fourth-order valence-electron chi connectivity index (χ4n) is 8.10. The fraction of sp³-hybridized carbons (Fsp3) is 0.714. The van der Waals surface area contributed by atoms with Gasteiger partial charge in [0, 0.05) is 12.6 Å². The molecule has 4 heteroatoms. The lowest BCUT2D eigenvalue weighted by Gasteiger charge is -2.48. The maximum atomic E-state index is 10.9. The number of fused-ring (bicyclic) bond motifs is 5. The summed E-state index contributed by atoms with van der Waals surface area (Å²) in [6, 6.07) is 5.00. The third-order valence-electron chi connectivity index (χ3n) is 9.76. The number of piperidine rings is 1. The lowest BCUT2D eigenvalue weighted by molar-refractivity contribution is -0.00763. The number of halogens is 1. The van der Waals surface area contributed by atoms with Crippen molar-refractivity contribution >= 4 is 12.4 Å². The Labute approximate surface area is 200 Å². The molecule has 4 aliphatic rings. The number of aliphatic hydroxyl groups is 2. The van der Waals surface area contributed by atoms with Gasteiger partial charge in [-0.25, -0.2) is 0 Å². The first-order valence-corrected chi connectivity index (χ1v) is 12.6. The molecule has 0 aromatic heterocycles. The number of aliphatic hydroxyl groups excluding tert-OH is 2. The third-order valence-corrected chi connectivity index (χ3v) is 9.76. The number of likely N-dealkylation sites (N-methyl/N-ethyl adjacent to an activating group) is 1. The van der Waals surface area contributed by atoms with Crippen molar-refractivity contribution in [1.29, 1.82) is 0 Å². The van der Waals surface area contributed by atoms with Gasteiger partial charge in [-0.1, -0.05) is 44.6 Å². The zero-order valence-corrected chi connectivity index (χ0v) is 21.3. The molecule has 0 radical (unpaired) electrons. The van der Waals surface area contributed by atoms with Crippen molar-refractivity contribution in [3.63, 3.8) is 0 Å². The van der Waals surface area contributed by atoms with Crippen LogP contribution in [0, 0.1) is 24.2 Å². The van der Waals surface area contributed by atoms with E-state index in [4.69, 9.17) is 0 Å². The van der Waals surface area contributed by atoms with Crippen molar-refractivity contribution in [2.45, 2.75) is 96.3 Å². The molecule has 1 heterocycles. The summed E-state index contributed by atoms with van der Waals surface area (Å²) in [6.45, 7) is 10.4. The van der Waals surface area contributed by atoms with E-state index in [2.05, 4.69) is 57.9 Å². The van der Waals surface area contributed by atoms with Crippen LogP contribution in [0.4, 0.5) is 0 Å². The maximum Gasteiger partial charge on any atom is 0.0704 e. The number of rotatable bonds is 2. The Kier molecular flexibility index (Phi) is 6.62. The second-order valence-corrected chi connectivity index (χ2v) is 11.7. The second kappa shape index (κ2) is 8.73. The van der Waals surface area contributed by atoms with Gasteiger partial charge in [0.2, 0.25) is 0 Å². The molecule has 1 saturated carbocycles. The smallest absolute Gasteiger partial charge is 0.0704 e. The molecule has 1 aromatic carbocycles. The van der Waals surface area contributed by atoms with Crippen LogP contribution in [0.25, 0.3) is 0 Å². The van der Waals surface area contributed by atoms with Crippen LogP contribution < -0.4 is 0 Å². The monoisotopic (exact) mass is 459 g/mol. The summed E-state index contributed by atoms with van der Waals surface area (Å²) in [4.78, 5) is 2.39. The normalized spacial score (nSPS) is 39.9. The molecule has 0 bridgehead atoms. The first-order chi connectivity index (χ1) is 14.7. The summed E-state index contributed by atoms with van der Waals surface area (Å²) >= 11 is 0. The van der Waals surface area contributed by atoms with Gasteiger partial charge in [-0.3, -0.25) is 4.90 Å². The van der Waals surface area contributed by atoms with Gasteiger partial charge in [0.25, 0.3) is 0 Å². The molecule has 1 aliphatic heterocycles. The molecule has 178 valence electrons. The van der Waals surface area contributed by atoms with Crippen LogP contribution in [-0.4, -0.2) is 47.0 Å². The minimum atomic E-state index is -0.252. The van der Waals surface area contributed by atoms with Gasteiger partial charge in [0.05, 0.1) is 12.2 Å². The van der Waals surface area contributed by atoms with Gasteiger partial charge in [-0.15, -0.1) is 12.4 Å². The van der Waals surface area contributed by atoms with E-state index in [-0.39, 0.29) is 36.1 Å². The number of hydrogen-bond donors (Lipinski definition) is 2. The number of nitrogens with zero attached hydrogens (tertiary/aromatic N) is 1. The minimum Gasteiger partial charge on any atom is -0.393 e. The topological polar surface area (TPSA) is 43.7 Å². The van der Waals surface area contributed by atoms with E-state index in [1.165, 1.54) is 23.1 Å². The molecule has 3 nitrogen and oxygen atoms in total. The Morgan fingerprint density at radius 1 is 1.19 bits per heavy atom. The summed E-state index contributed by atoms with van der Waals surface area (Å²) < 4.78 is 0. The van der Waals surface area contributed by atoms with Crippen molar-refractivity contribution < 1.29 is 10.2 Å². The molecule has 5 rings (SSSR count). The van der Waals surface area contributed by atoms with Crippen LogP contribution in [0.2, 0.25) is 0 Å². The standard InChI is InChI=1S/C28H41NO2.ClH/c1-16-12-26(31)27(29(5)15-16)18(3)21-8-9-22-23-7-6-19-13-20(30)10-11-28(19,4)25(23)14-24(22)17(21)2;/h6,8-9,16,18,20,23,25-27,30-31H,7,10-15H2,1-5H3;1H/t16-,18-,20-,23-,25-,26+,27-,28-;/m0./s1. The highest BCUT2D eigenvalue weighted by Crippen LogP contribution is 2.60. The molecule has 32 heavy (non-hydrogen) atoms. The average molecular weight is 460 g/mol. The highest BCUT2D eigenvalue weighted by atomic mass is 35.5. The first-order valence-electron chi connectivity index (χ1n) is 12.6. The Bertz CT molecular complexity index is 886. The maximum absolute atomic E-state index is 10.9. The highest BCUT2D eigenvalue weighted by Gasteiger charge is 2.50. The predicted molar refractivity (Wildman–Crippen MR) is 134 cm³/mol. The SMILES string of the molecule is Cc1c([C@H](C)[C@H]2[C@H](O)C[C@H](C)CN2C)ccc2c1C[C@H]1[C@H]2CC=C2C[C@@H](O)CC[C@@]21C.Cl. The molecule has 1 aromatic rings. The quantitative estimate of drug-likeness (QED) is 0.585. The van der Waals surface area contributed by atoms with E-state index in [0.717, 1.165) is 38.6 Å². The van der Waals surface area contributed by atoms with Gasteiger partial charge in [0.15, 0.2) is 0 Å². The Balaban J connectivity index is 0.00000245. The van der Waals surface area contributed by atoms with Gasteiger partial charge >= 0.3 is 0 Å². The molecule has 3 aliphatic carbocycles. The van der Waals surface area contributed by atoms with E-state index in [1.54, 1.807) is 11.1 Å². The summed E-state index contributed by atoms with van der Waals surface area (Å²) in [7, 11) is 2.18. The van der Waals surface area contributed by atoms with Crippen molar-refractivity contribution in [1.82, 2.24) is 4.90 Å². The van der Waals surface area contributed by atoms with Crippen LogP contribution in [0.5, 0.6) is 0 Å². The van der Waals surface area contributed by atoms with Gasteiger partial charge in [0.1, 0.15) is 0 Å². The highest BCUT2D eigenvalue weighted by molar-refractivity contribution is 5.85. The van der Waals surface area contributed by atoms with Crippen molar-refractivity contribution in [3.8, 4) is 0 Å². The van der Waals surface area contributed by atoms with E-state index in [0.29, 0.717) is 23.7 Å². The Hall–Kier alpha value is -0.870. The predicted octanol–water partition coefficient (Wildman–Crippen LogP) is 5.36. The van der Waals surface area contributed by atoms with Crippen LogP contribution in [-0.2, 0) is 6.42 Å². The molecule has 2 N–H and O–H groups in total. The van der Waals surface area contributed by atoms with Crippen LogP contribution in [0.15, 0.2) is 23.8 Å². The summed E-state index contributed by atoms with van der Waals surface area (Å²) in [5.41, 5.74) is 7.83. The van der Waals surface area contributed by atoms with Crippen LogP contribution in [0.1, 0.15) is 87.0 Å². The van der Waals surface area contributed by atoms with Gasteiger partial charge in [-0.2, -0.15) is 0 Å². The summed E-state index contributed by atoms with van der Waals surface area (Å²) in [6.07, 6.45) is 8.23. The molecule has 0 unspecified atom stereocenters. The number of likely N-dealkylation sites (tertiary alicyclic amines) is 1. The molecule has 0 amide bonds. The summed E-state index contributed by atoms with van der Waals surface area (Å²) in [5.74, 6) is 2.19.